The van der Waals surface area contributed by atoms with E-state index in [0.717, 1.165) is 6.54 Å². The highest BCUT2D eigenvalue weighted by atomic mass is 16.1. The number of primary amides is 1. The fraction of sp³-hybridized carbons (Fsp3) is 0.889. The van der Waals surface area contributed by atoms with Gasteiger partial charge in [-0.2, -0.15) is 0 Å². The van der Waals surface area contributed by atoms with Crippen LogP contribution < -0.4 is 11.1 Å². The average molecular weight is 172 g/mol. The Morgan fingerprint density at radius 1 is 1.50 bits per heavy atom. The third-order valence-electron chi connectivity index (χ3n) is 2.44. The molecule has 12 heavy (non-hydrogen) atoms. The van der Waals surface area contributed by atoms with E-state index in [-0.39, 0.29) is 17.9 Å². The maximum Gasteiger partial charge on any atom is 0.231 e. The van der Waals surface area contributed by atoms with Crippen LogP contribution in [0.4, 0.5) is 0 Å². The molecule has 0 bridgehead atoms. The molecule has 0 aliphatic carbocycles. The molecule has 0 radical (unpaired) electrons. The fourth-order valence-corrected chi connectivity index (χ4v) is 0.712. The van der Waals surface area contributed by atoms with E-state index in [2.05, 4.69) is 33.0 Å². The molecule has 0 aliphatic rings. The first kappa shape index (κ1) is 11.4. The normalized spacial score (nSPS) is 12.1. The molecule has 0 spiro atoms. The molecule has 1 amide bonds. The Bertz CT molecular complexity index is 153. The van der Waals surface area contributed by atoms with Crippen molar-refractivity contribution in [3.63, 3.8) is 0 Å². The number of carbonyl (C=O) groups is 1. The van der Waals surface area contributed by atoms with Crippen molar-refractivity contribution < 1.29 is 4.79 Å². The van der Waals surface area contributed by atoms with Crippen molar-refractivity contribution in [2.75, 3.05) is 13.1 Å². The topological polar surface area (TPSA) is 55.1 Å². The van der Waals surface area contributed by atoms with Crippen LogP contribution in [0.3, 0.4) is 0 Å². The van der Waals surface area contributed by atoms with Gasteiger partial charge in [0, 0.05) is 6.54 Å². The van der Waals surface area contributed by atoms with Crippen molar-refractivity contribution in [1.82, 2.24) is 5.32 Å². The number of nitrogens with two attached hydrogens (primary N) is 1. The third kappa shape index (κ3) is 4.34. The quantitative estimate of drug-likeness (QED) is 0.642. The summed E-state index contributed by atoms with van der Waals surface area (Å²) in [5, 5.41) is 3.03. The maximum atomic E-state index is 10.4. The van der Waals surface area contributed by atoms with E-state index in [1.807, 2.05) is 0 Å². The number of carbonyl (C=O) groups excluding carboxylic acids is 1. The van der Waals surface area contributed by atoms with E-state index < -0.39 is 0 Å². The minimum absolute atomic E-state index is 0.218. The SMILES string of the molecule is CC(C)C(C)(C)CNCC(N)=O. The van der Waals surface area contributed by atoms with E-state index >= 15 is 0 Å². The summed E-state index contributed by atoms with van der Waals surface area (Å²) < 4.78 is 0. The molecule has 0 unspecified atom stereocenters. The van der Waals surface area contributed by atoms with Gasteiger partial charge in [-0.1, -0.05) is 27.7 Å². The molecule has 0 heterocycles. The second-order valence-electron chi connectivity index (χ2n) is 4.21. The van der Waals surface area contributed by atoms with Crippen LogP contribution in [0, 0.1) is 11.3 Å². The maximum absolute atomic E-state index is 10.4. The molecule has 0 atom stereocenters. The molecule has 0 aromatic carbocycles. The van der Waals surface area contributed by atoms with Crippen LogP contribution in [-0.4, -0.2) is 19.0 Å². The van der Waals surface area contributed by atoms with E-state index in [4.69, 9.17) is 5.73 Å². The number of hydrogen-bond acceptors (Lipinski definition) is 2. The fourth-order valence-electron chi connectivity index (χ4n) is 0.712. The van der Waals surface area contributed by atoms with Gasteiger partial charge in [-0.05, 0) is 11.3 Å². The van der Waals surface area contributed by atoms with Crippen LogP contribution in [0.1, 0.15) is 27.7 Å². The van der Waals surface area contributed by atoms with Crippen LogP contribution in [0.15, 0.2) is 0 Å². The second-order valence-corrected chi connectivity index (χ2v) is 4.21. The highest BCUT2D eigenvalue weighted by molar-refractivity contribution is 5.75. The summed E-state index contributed by atoms with van der Waals surface area (Å²) in [5.74, 6) is 0.299. The molecular weight excluding hydrogens is 152 g/mol. The third-order valence-corrected chi connectivity index (χ3v) is 2.44. The highest BCUT2D eigenvalue weighted by Crippen LogP contribution is 2.24. The summed E-state index contributed by atoms with van der Waals surface area (Å²) in [6, 6.07) is 0. The number of amides is 1. The first-order valence-corrected chi connectivity index (χ1v) is 4.35. The molecule has 0 rings (SSSR count). The standard InChI is InChI=1S/C9H20N2O/c1-7(2)9(3,4)6-11-5-8(10)12/h7,11H,5-6H2,1-4H3,(H2,10,12). The molecular formula is C9H20N2O. The van der Waals surface area contributed by atoms with Crippen LogP contribution in [0.25, 0.3) is 0 Å². The molecule has 0 saturated carbocycles. The molecule has 0 aliphatic heterocycles. The van der Waals surface area contributed by atoms with Gasteiger partial charge >= 0.3 is 0 Å². The van der Waals surface area contributed by atoms with Crippen molar-refractivity contribution in [1.29, 1.82) is 0 Å². The van der Waals surface area contributed by atoms with Crippen LogP contribution >= 0.6 is 0 Å². The number of nitrogens with one attached hydrogen (secondary N) is 1. The molecule has 3 N–H and O–H groups in total. The van der Waals surface area contributed by atoms with Gasteiger partial charge in [0.1, 0.15) is 0 Å². The lowest BCUT2D eigenvalue weighted by atomic mass is 9.81. The van der Waals surface area contributed by atoms with Gasteiger partial charge in [0.05, 0.1) is 6.54 Å². The largest absolute Gasteiger partial charge is 0.369 e. The summed E-state index contributed by atoms with van der Waals surface area (Å²) in [5.41, 5.74) is 5.21. The Labute approximate surface area is 74.7 Å². The first-order valence-electron chi connectivity index (χ1n) is 4.35. The van der Waals surface area contributed by atoms with Gasteiger partial charge in [-0.25, -0.2) is 0 Å². The first-order chi connectivity index (χ1) is 5.36. The lowest BCUT2D eigenvalue weighted by molar-refractivity contribution is -0.117. The van der Waals surface area contributed by atoms with E-state index in [0.29, 0.717) is 5.92 Å². The van der Waals surface area contributed by atoms with Gasteiger partial charge in [0.15, 0.2) is 0 Å². The number of rotatable bonds is 5. The van der Waals surface area contributed by atoms with E-state index in [1.54, 1.807) is 0 Å². The Hall–Kier alpha value is -0.570. The summed E-state index contributed by atoms with van der Waals surface area (Å²) >= 11 is 0. The Morgan fingerprint density at radius 3 is 2.33 bits per heavy atom. The zero-order chi connectivity index (χ0) is 9.78. The smallest absolute Gasteiger partial charge is 0.231 e. The molecule has 0 aromatic rings. The Kier molecular flexibility index (Phi) is 4.24. The lowest BCUT2D eigenvalue weighted by Gasteiger charge is -2.29. The van der Waals surface area contributed by atoms with Gasteiger partial charge in [0.25, 0.3) is 0 Å². The average Bonchev–Trinajstić information content (AvgIpc) is 1.85. The molecule has 0 aromatic heterocycles. The summed E-state index contributed by atoms with van der Waals surface area (Å²) in [4.78, 5) is 10.4. The van der Waals surface area contributed by atoms with E-state index in [9.17, 15) is 4.79 Å². The summed E-state index contributed by atoms with van der Waals surface area (Å²) in [7, 11) is 0. The minimum atomic E-state index is -0.297. The Morgan fingerprint density at radius 2 is 2.00 bits per heavy atom. The van der Waals surface area contributed by atoms with Gasteiger partial charge in [-0.3, -0.25) is 4.79 Å². The van der Waals surface area contributed by atoms with Crippen molar-refractivity contribution in [3.8, 4) is 0 Å². The van der Waals surface area contributed by atoms with Crippen molar-refractivity contribution in [3.05, 3.63) is 0 Å². The molecule has 72 valence electrons. The second kappa shape index (κ2) is 4.45. The van der Waals surface area contributed by atoms with Crippen LogP contribution in [-0.2, 0) is 4.79 Å². The summed E-state index contributed by atoms with van der Waals surface area (Å²) in [6.45, 7) is 9.79. The van der Waals surface area contributed by atoms with Crippen molar-refractivity contribution in [2.24, 2.45) is 17.1 Å². The zero-order valence-electron chi connectivity index (χ0n) is 8.48. The van der Waals surface area contributed by atoms with Crippen LogP contribution in [0.5, 0.6) is 0 Å². The van der Waals surface area contributed by atoms with Crippen molar-refractivity contribution >= 4 is 5.91 Å². The van der Waals surface area contributed by atoms with Crippen LogP contribution in [0.2, 0.25) is 0 Å². The minimum Gasteiger partial charge on any atom is -0.369 e. The highest BCUT2D eigenvalue weighted by Gasteiger charge is 2.21. The molecule has 3 heteroatoms. The van der Waals surface area contributed by atoms with Crippen molar-refractivity contribution in [2.45, 2.75) is 27.7 Å². The predicted octanol–water partition coefficient (Wildman–Crippen LogP) is 0.744. The molecule has 0 saturated heterocycles. The monoisotopic (exact) mass is 172 g/mol. The van der Waals surface area contributed by atoms with Gasteiger partial charge in [0.2, 0.25) is 5.91 Å². The van der Waals surface area contributed by atoms with Gasteiger partial charge in [-0.15, -0.1) is 0 Å². The summed E-state index contributed by atoms with van der Waals surface area (Å²) in [6.07, 6.45) is 0. The molecule has 3 nitrogen and oxygen atoms in total. The van der Waals surface area contributed by atoms with Gasteiger partial charge < -0.3 is 11.1 Å². The predicted molar refractivity (Wildman–Crippen MR) is 50.7 cm³/mol. The number of hydrogen-bond donors (Lipinski definition) is 2. The Balaban J connectivity index is 3.69. The van der Waals surface area contributed by atoms with E-state index in [1.165, 1.54) is 0 Å². The molecule has 0 fully saturated rings. The lowest BCUT2D eigenvalue weighted by Crippen LogP contribution is -2.37. The zero-order valence-corrected chi connectivity index (χ0v) is 8.48.